The largest absolute Gasteiger partial charge is 0.493 e. The predicted octanol–water partition coefficient (Wildman–Crippen LogP) is 5.51. The van der Waals surface area contributed by atoms with Crippen LogP contribution in [0.25, 0.3) is 0 Å². The molecule has 0 radical (unpaired) electrons. The number of nitrogens with one attached hydrogen (secondary N) is 2. The van der Waals surface area contributed by atoms with E-state index < -0.39 is 29.7 Å². The molecule has 1 aliphatic heterocycles. The Morgan fingerprint density at radius 1 is 1.15 bits per heavy atom. The third-order valence-electron chi connectivity index (χ3n) is 5.72. The fraction of sp³-hybridized carbons (Fsp3) is 0.583. The monoisotopic (exact) mass is 482 g/mol. The number of fused-ring (bicyclic) bond motifs is 1. The first-order chi connectivity index (χ1) is 15.6. The van der Waals surface area contributed by atoms with Crippen molar-refractivity contribution in [3.8, 4) is 11.5 Å². The number of aromatic nitrogens is 2. The maximum Gasteiger partial charge on any atom is 0.410 e. The minimum Gasteiger partial charge on any atom is -0.493 e. The number of hydrogen-bond acceptors (Lipinski definition) is 5. The Hall–Kier alpha value is -2.91. The van der Waals surface area contributed by atoms with Crippen LogP contribution in [0.5, 0.6) is 11.5 Å². The van der Waals surface area contributed by atoms with Crippen molar-refractivity contribution >= 4 is 11.7 Å². The predicted molar refractivity (Wildman–Crippen MR) is 123 cm³/mol. The van der Waals surface area contributed by atoms with Crippen LogP contribution in [-0.2, 0) is 0 Å². The number of hydrogen-bond donors (Lipinski definition) is 2. The van der Waals surface area contributed by atoms with E-state index in [4.69, 9.17) is 9.47 Å². The molecule has 0 aliphatic carbocycles. The molecule has 0 fully saturated rings. The molecule has 2 aromatic rings. The Labute approximate surface area is 198 Å². The lowest BCUT2D eigenvalue weighted by molar-refractivity contribution is -0.173. The summed E-state index contributed by atoms with van der Waals surface area (Å²) in [5.74, 6) is 0.446. The van der Waals surface area contributed by atoms with Crippen LogP contribution in [0.15, 0.2) is 24.4 Å². The summed E-state index contributed by atoms with van der Waals surface area (Å²) in [6.45, 7) is 9.97. The number of alkyl halides is 3. The van der Waals surface area contributed by atoms with Crippen LogP contribution in [0.4, 0.5) is 19.0 Å². The first-order valence-corrected chi connectivity index (χ1v) is 11.1. The van der Waals surface area contributed by atoms with Crippen molar-refractivity contribution in [1.82, 2.24) is 15.1 Å². The molecule has 2 N–H and O–H groups in total. The van der Waals surface area contributed by atoms with Crippen LogP contribution in [0.2, 0.25) is 0 Å². The molecule has 2 heterocycles. The van der Waals surface area contributed by atoms with Crippen LogP contribution < -0.4 is 20.1 Å². The van der Waals surface area contributed by atoms with Gasteiger partial charge in [-0.15, -0.1) is 0 Å². The zero-order chi connectivity index (χ0) is 25.5. The fourth-order valence-electron chi connectivity index (χ4n) is 4.76. The van der Waals surface area contributed by atoms with E-state index in [-0.39, 0.29) is 23.2 Å². The maximum atomic E-state index is 14.0. The zero-order valence-corrected chi connectivity index (χ0v) is 20.6. The number of methoxy groups -OCH3 is 2. The van der Waals surface area contributed by atoms with Crippen molar-refractivity contribution in [3.05, 3.63) is 35.5 Å². The second-order valence-corrected chi connectivity index (χ2v) is 10.5. The number of ether oxygens (including phenoxy) is 2. The summed E-state index contributed by atoms with van der Waals surface area (Å²) in [5, 5.41) is 10.0. The molecule has 1 amide bonds. The molecular weight excluding hydrogens is 449 g/mol. The molecule has 10 heteroatoms. The van der Waals surface area contributed by atoms with Crippen molar-refractivity contribution in [2.75, 3.05) is 19.5 Å². The van der Waals surface area contributed by atoms with Gasteiger partial charge >= 0.3 is 6.18 Å². The average Bonchev–Trinajstić information content (AvgIpc) is 3.13. The Bertz CT molecular complexity index is 1040. The lowest BCUT2D eigenvalue weighted by Crippen LogP contribution is -2.46. The zero-order valence-electron chi connectivity index (χ0n) is 20.6. The standard InChI is InChI=1S/C24H33F3N4O3/c1-22(2,3)13-23(4,5)30-21(32)15-12-28-31-19(24(25,26)27)11-16(29-20(15)31)14-8-9-17(33-6)18(10-14)34-7/h8-10,12,16,19,29H,11,13H2,1-7H3,(H,30,32)/t16-,19-/m1/s1. The van der Waals surface area contributed by atoms with Crippen LogP contribution in [-0.4, -0.2) is 41.6 Å². The number of rotatable bonds is 6. The molecule has 34 heavy (non-hydrogen) atoms. The summed E-state index contributed by atoms with van der Waals surface area (Å²) in [7, 11) is 2.95. The second kappa shape index (κ2) is 9.03. The van der Waals surface area contributed by atoms with Crippen molar-refractivity contribution < 1.29 is 27.4 Å². The van der Waals surface area contributed by atoms with Crippen molar-refractivity contribution in [1.29, 1.82) is 0 Å². The minimum absolute atomic E-state index is 0.0393. The normalized spacial score (nSPS) is 18.6. The lowest BCUT2D eigenvalue weighted by Gasteiger charge is -2.35. The van der Waals surface area contributed by atoms with Gasteiger partial charge in [0.2, 0.25) is 0 Å². The molecule has 1 aromatic carbocycles. The van der Waals surface area contributed by atoms with Crippen LogP contribution in [0, 0.1) is 5.41 Å². The Morgan fingerprint density at radius 3 is 2.35 bits per heavy atom. The summed E-state index contributed by atoms with van der Waals surface area (Å²) < 4.78 is 53.4. The molecule has 0 unspecified atom stereocenters. The molecule has 1 aliphatic rings. The number of nitrogens with zero attached hydrogens (tertiary/aromatic N) is 2. The third kappa shape index (κ3) is 5.59. The highest BCUT2D eigenvalue weighted by Crippen LogP contribution is 2.45. The molecule has 3 rings (SSSR count). The van der Waals surface area contributed by atoms with Crippen molar-refractivity contribution in [3.63, 3.8) is 0 Å². The average molecular weight is 483 g/mol. The topological polar surface area (TPSA) is 77.4 Å². The Kier molecular flexibility index (Phi) is 6.83. The number of halogens is 3. The first-order valence-electron chi connectivity index (χ1n) is 11.1. The van der Waals surface area contributed by atoms with Gasteiger partial charge in [-0.25, -0.2) is 4.68 Å². The van der Waals surface area contributed by atoms with Gasteiger partial charge in [0, 0.05) is 12.0 Å². The van der Waals surface area contributed by atoms with Gasteiger partial charge in [-0.3, -0.25) is 4.79 Å². The van der Waals surface area contributed by atoms with E-state index >= 15 is 0 Å². The number of carbonyl (C=O) groups is 1. The maximum absolute atomic E-state index is 14.0. The Balaban J connectivity index is 1.97. The highest BCUT2D eigenvalue weighted by Gasteiger charge is 2.47. The number of benzene rings is 1. The van der Waals surface area contributed by atoms with Crippen molar-refractivity contribution in [2.24, 2.45) is 5.41 Å². The summed E-state index contributed by atoms with van der Waals surface area (Å²) in [4.78, 5) is 13.1. The molecule has 0 spiro atoms. The molecule has 0 saturated carbocycles. The molecule has 0 saturated heterocycles. The van der Waals surface area contributed by atoms with E-state index in [9.17, 15) is 18.0 Å². The van der Waals surface area contributed by atoms with Crippen LogP contribution in [0.3, 0.4) is 0 Å². The molecule has 2 atom stereocenters. The van der Waals surface area contributed by atoms with E-state index in [1.165, 1.54) is 20.4 Å². The van der Waals surface area contributed by atoms with Gasteiger partial charge in [-0.2, -0.15) is 18.3 Å². The fourth-order valence-corrected chi connectivity index (χ4v) is 4.76. The second-order valence-electron chi connectivity index (χ2n) is 10.5. The van der Waals surface area contributed by atoms with Gasteiger partial charge in [0.25, 0.3) is 5.91 Å². The minimum atomic E-state index is -4.54. The van der Waals surface area contributed by atoms with E-state index in [0.29, 0.717) is 23.5 Å². The van der Waals surface area contributed by atoms with E-state index in [2.05, 4.69) is 36.5 Å². The van der Waals surface area contributed by atoms with Gasteiger partial charge in [0.1, 0.15) is 11.4 Å². The summed E-state index contributed by atoms with van der Waals surface area (Å²) in [5.41, 5.74) is 0.0402. The highest BCUT2D eigenvalue weighted by molar-refractivity contribution is 5.99. The highest BCUT2D eigenvalue weighted by atomic mass is 19.4. The van der Waals surface area contributed by atoms with Crippen molar-refractivity contribution in [2.45, 2.75) is 71.3 Å². The third-order valence-corrected chi connectivity index (χ3v) is 5.72. The number of amides is 1. The van der Waals surface area contributed by atoms with Gasteiger partial charge in [-0.1, -0.05) is 26.8 Å². The van der Waals surface area contributed by atoms with Gasteiger partial charge < -0.3 is 20.1 Å². The van der Waals surface area contributed by atoms with Crippen LogP contribution >= 0.6 is 0 Å². The molecule has 188 valence electrons. The van der Waals surface area contributed by atoms with Gasteiger partial charge in [0.05, 0.1) is 26.5 Å². The first kappa shape index (κ1) is 25.7. The van der Waals surface area contributed by atoms with E-state index in [0.717, 1.165) is 4.68 Å². The van der Waals surface area contributed by atoms with E-state index in [1.807, 2.05) is 13.8 Å². The number of carbonyl (C=O) groups excluding carboxylic acids is 1. The molecule has 7 nitrogen and oxygen atoms in total. The summed E-state index contributed by atoms with van der Waals surface area (Å²) >= 11 is 0. The van der Waals surface area contributed by atoms with Crippen LogP contribution in [0.1, 0.15) is 75.5 Å². The van der Waals surface area contributed by atoms with Gasteiger partial charge in [0.15, 0.2) is 17.5 Å². The summed E-state index contributed by atoms with van der Waals surface area (Å²) in [6.07, 6.45) is -2.95. The smallest absolute Gasteiger partial charge is 0.410 e. The van der Waals surface area contributed by atoms with E-state index in [1.54, 1.807) is 18.2 Å². The lowest BCUT2D eigenvalue weighted by atomic mass is 9.81. The quantitative estimate of drug-likeness (QED) is 0.568. The number of anilines is 1. The molecular formula is C24H33F3N4O3. The molecule has 1 aromatic heterocycles. The summed E-state index contributed by atoms with van der Waals surface area (Å²) in [6, 6.07) is 2.37. The Morgan fingerprint density at radius 2 is 1.79 bits per heavy atom. The molecule has 0 bridgehead atoms. The van der Waals surface area contributed by atoms with Gasteiger partial charge in [-0.05, 0) is 43.4 Å². The SMILES string of the molecule is COc1ccc([C@H]2C[C@H](C(F)(F)F)n3ncc(C(=O)NC(C)(C)CC(C)(C)C)c3N2)cc1OC.